The molecule has 6 nitrogen and oxygen atoms in total. The van der Waals surface area contributed by atoms with Crippen LogP contribution in [-0.2, 0) is 6.54 Å². The molecule has 3 heterocycles. The lowest BCUT2D eigenvalue weighted by molar-refractivity contribution is 0.00181. The Morgan fingerprint density at radius 1 is 1.15 bits per heavy atom. The van der Waals surface area contributed by atoms with Gasteiger partial charge in [0.25, 0.3) is 5.56 Å². The van der Waals surface area contributed by atoms with Crippen LogP contribution in [0, 0.1) is 11.7 Å². The van der Waals surface area contributed by atoms with Crippen molar-refractivity contribution in [1.82, 2.24) is 19.7 Å². The molecule has 0 spiro atoms. The van der Waals surface area contributed by atoms with Crippen molar-refractivity contribution in [2.75, 3.05) is 5.32 Å². The second kappa shape index (κ2) is 5.97. The molecular formula is C20H18FN5O. The van der Waals surface area contributed by atoms with E-state index in [0.29, 0.717) is 11.3 Å². The fraction of sp³-hybridized carbons (Fsp3) is 0.300. The Labute approximate surface area is 155 Å². The molecular weight excluding hydrogens is 345 g/mol. The molecule has 0 aromatic carbocycles. The van der Waals surface area contributed by atoms with Crippen molar-refractivity contribution >= 4 is 5.82 Å². The number of pyridine rings is 2. The second-order valence-electron chi connectivity index (χ2n) is 7.54. The van der Waals surface area contributed by atoms with Gasteiger partial charge in [-0.3, -0.25) is 9.78 Å². The Bertz CT molecular complexity index is 1050. The largest absolute Gasteiger partial charge is 0.365 e. The summed E-state index contributed by atoms with van der Waals surface area (Å²) in [4.78, 5) is 20.4. The molecule has 0 saturated heterocycles. The molecule has 136 valence electrons. The van der Waals surface area contributed by atoms with Gasteiger partial charge in [0.15, 0.2) is 0 Å². The quantitative estimate of drug-likeness (QED) is 0.755. The third kappa shape index (κ3) is 2.99. The van der Waals surface area contributed by atoms with Gasteiger partial charge >= 0.3 is 0 Å². The van der Waals surface area contributed by atoms with Crippen molar-refractivity contribution in [2.45, 2.75) is 31.3 Å². The third-order valence-electron chi connectivity index (χ3n) is 5.45. The van der Waals surface area contributed by atoms with Crippen molar-refractivity contribution in [2.24, 2.45) is 5.92 Å². The third-order valence-corrected chi connectivity index (χ3v) is 5.45. The van der Waals surface area contributed by atoms with Crippen LogP contribution in [0.4, 0.5) is 10.2 Å². The molecule has 0 amide bonds. The number of aromatic nitrogens is 4. The number of halogens is 1. The van der Waals surface area contributed by atoms with Gasteiger partial charge in [-0.1, -0.05) is 0 Å². The molecule has 3 aromatic heterocycles. The number of hydrogen-bond acceptors (Lipinski definition) is 5. The lowest BCUT2D eigenvalue weighted by atomic mass is 9.50. The monoisotopic (exact) mass is 363 g/mol. The Balaban J connectivity index is 1.37. The SMILES string of the molecule is O=c1ccc(-c2ccc(NC34CC(C3)C4)nc2)nn1Cc1cncc(F)c1. The van der Waals surface area contributed by atoms with E-state index in [0.717, 1.165) is 23.5 Å². The van der Waals surface area contributed by atoms with Crippen molar-refractivity contribution in [3.8, 4) is 11.3 Å². The predicted octanol–water partition coefficient (Wildman–Crippen LogP) is 2.85. The number of rotatable bonds is 5. The normalized spacial score (nSPS) is 22.6. The molecule has 3 aromatic rings. The highest BCUT2D eigenvalue weighted by atomic mass is 19.1. The predicted molar refractivity (Wildman–Crippen MR) is 98.7 cm³/mol. The first-order chi connectivity index (χ1) is 13.1. The number of hydrogen-bond donors (Lipinski definition) is 1. The van der Waals surface area contributed by atoms with Crippen molar-refractivity contribution in [3.05, 3.63) is 70.7 Å². The Kier molecular flexibility index (Phi) is 3.56. The molecule has 3 aliphatic rings. The van der Waals surface area contributed by atoms with Gasteiger partial charge in [0.1, 0.15) is 11.6 Å². The minimum absolute atomic E-state index is 0.161. The van der Waals surface area contributed by atoms with Crippen LogP contribution in [-0.4, -0.2) is 25.3 Å². The van der Waals surface area contributed by atoms with Crippen molar-refractivity contribution in [3.63, 3.8) is 0 Å². The number of anilines is 1. The minimum Gasteiger partial charge on any atom is -0.365 e. The van der Waals surface area contributed by atoms with Crippen LogP contribution in [0.3, 0.4) is 0 Å². The smallest absolute Gasteiger partial charge is 0.267 e. The summed E-state index contributed by atoms with van der Waals surface area (Å²) in [6, 6.07) is 8.38. The average molecular weight is 363 g/mol. The zero-order chi connectivity index (χ0) is 18.4. The summed E-state index contributed by atoms with van der Waals surface area (Å²) in [6.45, 7) is 0.161. The highest BCUT2D eigenvalue weighted by Gasteiger charge is 2.56. The molecule has 7 heteroatoms. The van der Waals surface area contributed by atoms with E-state index in [9.17, 15) is 9.18 Å². The van der Waals surface area contributed by atoms with Gasteiger partial charge in [-0.05, 0) is 55.0 Å². The summed E-state index contributed by atoms with van der Waals surface area (Å²) >= 11 is 0. The zero-order valence-electron chi connectivity index (χ0n) is 14.6. The van der Waals surface area contributed by atoms with Gasteiger partial charge in [-0.2, -0.15) is 5.10 Å². The molecule has 3 aliphatic carbocycles. The molecule has 0 aliphatic heterocycles. The molecule has 1 N–H and O–H groups in total. The van der Waals surface area contributed by atoms with Crippen LogP contribution < -0.4 is 10.9 Å². The van der Waals surface area contributed by atoms with Gasteiger partial charge in [-0.25, -0.2) is 14.1 Å². The Morgan fingerprint density at radius 2 is 2.00 bits per heavy atom. The molecule has 27 heavy (non-hydrogen) atoms. The molecule has 0 atom stereocenters. The van der Waals surface area contributed by atoms with E-state index in [1.807, 2.05) is 12.1 Å². The van der Waals surface area contributed by atoms with Gasteiger partial charge < -0.3 is 5.32 Å². The number of nitrogens with zero attached hydrogens (tertiary/aromatic N) is 4. The van der Waals surface area contributed by atoms with E-state index in [1.54, 1.807) is 12.3 Å². The maximum absolute atomic E-state index is 13.3. The summed E-state index contributed by atoms with van der Waals surface area (Å²) in [7, 11) is 0. The maximum atomic E-state index is 13.3. The first-order valence-electron chi connectivity index (χ1n) is 9.01. The highest BCUT2D eigenvalue weighted by molar-refractivity contribution is 5.59. The zero-order valence-corrected chi connectivity index (χ0v) is 14.6. The summed E-state index contributed by atoms with van der Waals surface area (Å²) in [5, 5.41) is 7.93. The summed E-state index contributed by atoms with van der Waals surface area (Å²) in [6.07, 6.45) is 8.16. The van der Waals surface area contributed by atoms with Gasteiger partial charge in [0, 0.05) is 29.6 Å². The van der Waals surface area contributed by atoms with Crippen LogP contribution in [0.2, 0.25) is 0 Å². The highest BCUT2D eigenvalue weighted by Crippen LogP contribution is 2.58. The van der Waals surface area contributed by atoms with Gasteiger partial charge in [0.05, 0.1) is 18.4 Å². The van der Waals surface area contributed by atoms with Crippen LogP contribution in [0.25, 0.3) is 11.3 Å². The van der Waals surface area contributed by atoms with Crippen LogP contribution in [0.1, 0.15) is 24.8 Å². The first-order valence-corrected chi connectivity index (χ1v) is 9.01. The Morgan fingerprint density at radius 3 is 2.67 bits per heavy atom. The average Bonchev–Trinajstić information content (AvgIpc) is 2.60. The van der Waals surface area contributed by atoms with E-state index in [-0.39, 0.29) is 17.6 Å². The summed E-state index contributed by atoms with van der Waals surface area (Å²) in [5.41, 5.74) is 2.08. The summed E-state index contributed by atoms with van der Waals surface area (Å²) in [5.74, 6) is 1.35. The van der Waals surface area contributed by atoms with Gasteiger partial charge in [-0.15, -0.1) is 0 Å². The van der Waals surface area contributed by atoms with Crippen molar-refractivity contribution in [1.29, 1.82) is 0 Å². The van der Waals surface area contributed by atoms with E-state index < -0.39 is 5.82 Å². The van der Waals surface area contributed by atoms with Crippen LogP contribution in [0.15, 0.2) is 53.7 Å². The minimum atomic E-state index is -0.437. The maximum Gasteiger partial charge on any atom is 0.267 e. The molecule has 2 bridgehead atoms. The summed E-state index contributed by atoms with van der Waals surface area (Å²) < 4.78 is 14.6. The Hall–Kier alpha value is -3.09. The molecule has 0 radical (unpaired) electrons. The molecule has 0 unspecified atom stereocenters. The standard InChI is InChI=1S/C20H18FN5O/c21-16-5-13(9-22-11-16)12-26-19(27)4-2-17(25-26)15-1-3-18(23-10-15)24-20-6-14(7-20)8-20/h1-5,9-11,14H,6-8,12H2,(H,23,24). The van der Waals surface area contributed by atoms with Crippen molar-refractivity contribution < 1.29 is 4.39 Å². The fourth-order valence-electron chi connectivity index (χ4n) is 3.95. The van der Waals surface area contributed by atoms with Gasteiger partial charge in [0.2, 0.25) is 0 Å². The lowest BCUT2D eigenvalue weighted by Crippen LogP contribution is -2.63. The number of nitrogens with one attached hydrogen (secondary N) is 1. The second-order valence-corrected chi connectivity index (χ2v) is 7.54. The molecule has 3 fully saturated rings. The van der Waals surface area contributed by atoms with E-state index in [4.69, 9.17) is 0 Å². The molecule has 6 rings (SSSR count). The van der Waals surface area contributed by atoms with Crippen LogP contribution in [0.5, 0.6) is 0 Å². The van der Waals surface area contributed by atoms with E-state index >= 15 is 0 Å². The lowest BCUT2D eigenvalue weighted by Gasteiger charge is -2.62. The van der Waals surface area contributed by atoms with Crippen LogP contribution >= 0.6 is 0 Å². The van der Waals surface area contributed by atoms with E-state index in [1.165, 1.54) is 42.3 Å². The fourth-order valence-corrected chi connectivity index (χ4v) is 3.95. The van der Waals surface area contributed by atoms with E-state index in [2.05, 4.69) is 20.4 Å². The first kappa shape index (κ1) is 16.1. The molecule has 3 saturated carbocycles. The topological polar surface area (TPSA) is 72.7 Å².